The Bertz CT molecular complexity index is 731. The highest BCUT2D eigenvalue weighted by molar-refractivity contribution is 9.44. The number of ether oxygens (including phenoxy) is 3. The maximum absolute atomic E-state index is 5.32. The van der Waals surface area contributed by atoms with Crippen LogP contribution in [0.4, 0.5) is 0 Å². The van der Waals surface area contributed by atoms with Crippen molar-refractivity contribution in [3.05, 3.63) is 72.8 Å². The summed E-state index contributed by atoms with van der Waals surface area (Å²) in [6.07, 6.45) is 0. The quantitative estimate of drug-likeness (QED) is 0.500. The van der Waals surface area contributed by atoms with Gasteiger partial charge < -0.3 is 14.2 Å². The van der Waals surface area contributed by atoms with Gasteiger partial charge in [0.05, 0.1) is 21.3 Å². The zero-order valence-electron chi connectivity index (χ0n) is 15.0. The minimum absolute atomic E-state index is 0. The summed E-state index contributed by atoms with van der Waals surface area (Å²) in [6, 6.07) is 24.7. The van der Waals surface area contributed by atoms with Crippen LogP contribution in [0.15, 0.2) is 72.8 Å². The first-order chi connectivity index (χ1) is 12.6. The van der Waals surface area contributed by atoms with E-state index in [-0.39, 0.29) is 7.43 Å². The van der Waals surface area contributed by atoms with Gasteiger partial charge in [0.25, 0.3) is 0 Å². The van der Waals surface area contributed by atoms with Crippen LogP contribution in [0.25, 0.3) is 0 Å². The third-order valence-corrected chi connectivity index (χ3v) is 11.0. The molecule has 0 aliphatic carbocycles. The summed E-state index contributed by atoms with van der Waals surface area (Å²) in [5, 5.41) is 3.65. The van der Waals surface area contributed by atoms with Crippen molar-refractivity contribution >= 4 is 37.4 Å². The van der Waals surface area contributed by atoms with Crippen molar-refractivity contribution in [2.75, 3.05) is 21.3 Å². The molecule has 0 atom stereocenters. The van der Waals surface area contributed by atoms with E-state index in [0.717, 1.165) is 17.2 Å². The predicted molar refractivity (Wildman–Crippen MR) is 120 cm³/mol. The van der Waals surface area contributed by atoms with Crippen LogP contribution in [-0.4, -0.2) is 21.3 Å². The van der Waals surface area contributed by atoms with Crippen LogP contribution >= 0.6 is 21.5 Å². The maximum atomic E-state index is 5.32. The highest BCUT2D eigenvalue weighted by Gasteiger charge is 2.43. The molecule has 0 heterocycles. The Morgan fingerprint density at radius 3 is 0.926 bits per heavy atom. The van der Waals surface area contributed by atoms with Gasteiger partial charge in [-0.3, -0.25) is 0 Å². The van der Waals surface area contributed by atoms with Crippen LogP contribution in [0.3, 0.4) is 0 Å². The highest BCUT2D eigenvalue weighted by Crippen LogP contribution is 2.63. The number of benzene rings is 3. The SMILES string of the molecule is C.COc1ccc([P+](Br)(c2ccc(OC)cc2)c2ccc(OC)cc2)cc1. The molecule has 142 valence electrons. The van der Waals surface area contributed by atoms with Gasteiger partial charge in [-0.2, -0.15) is 0 Å². The van der Waals surface area contributed by atoms with Gasteiger partial charge in [-0.05, 0) is 72.8 Å². The largest absolute Gasteiger partial charge is 0.497 e. The van der Waals surface area contributed by atoms with E-state index in [2.05, 4.69) is 51.9 Å². The molecule has 0 spiro atoms. The van der Waals surface area contributed by atoms with E-state index >= 15 is 0 Å². The zero-order chi connectivity index (χ0) is 18.6. The molecule has 0 aliphatic heterocycles. The molecule has 0 aliphatic rings. The first-order valence-corrected chi connectivity index (χ1v) is 11.9. The molecule has 0 unspecified atom stereocenters. The summed E-state index contributed by atoms with van der Waals surface area (Å²) in [6.45, 7) is 0. The van der Waals surface area contributed by atoms with Crippen molar-refractivity contribution in [2.24, 2.45) is 0 Å². The van der Waals surface area contributed by atoms with Gasteiger partial charge in [-0.25, -0.2) is 0 Å². The average molecular weight is 448 g/mol. The first-order valence-electron chi connectivity index (χ1n) is 8.14. The minimum atomic E-state index is -1.97. The van der Waals surface area contributed by atoms with Gasteiger partial charge in [0.15, 0.2) is 21.5 Å². The van der Waals surface area contributed by atoms with Crippen molar-refractivity contribution in [3.8, 4) is 17.2 Å². The molecule has 3 nitrogen and oxygen atoms in total. The van der Waals surface area contributed by atoms with E-state index in [4.69, 9.17) is 14.2 Å². The lowest BCUT2D eigenvalue weighted by Crippen LogP contribution is -2.26. The predicted octanol–water partition coefficient (Wildman–Crippen LogP) is 4.95. The van der Waals surface area contributed by atoms with Crippen LogP contribution < -0.4 is 30.1 Å². The smallest absolute Gasteiger partial charge is 0.181 e. The molecule has 0 bridgehead atoms. The molecule has 0 fully saturated rings. The van der Waals surface area contributed by atoms with Crippen LogP contribution in [0.5, 0.6) is 17.2 Å². The lowest BCUT2D eigenvalue weighted by atomic mass is 10.3. The second-order valence-electron chi connectivity index (χ2n) is 5.68. The fraction of sp³-hybridized carbons (Fsp3) is 0.182. The van der Waals surface area contributed by atoms with Gasteiger partial charge in [0.2, 0.25) is 0 Å². The summed E-state index contributed by atoms with van der Waals surface area (Å²) in [5.74, 6) is 0.562. The fourth-order valence-electron chi connectivity index (χ4n) is 2.81. The Morgan fingerprint density at radius 2 is 0.741 bits per heavy atom. The first kappa shape index (κ1) is 21.3. The number of halogens is 1. The van der Waals surface area contributed by atoms with E-state index in [0.29, 0.717) is 0 Å². The number of methoxy groups -OCH3 is 3. The van der Waals surface area contributed by atoms with E-state index in [9.17, 15) is 0 Å². The fourth-order valence-corrected chi connectivity index (χ4v) is 7.51. The molecule has 0 amide bonds. The van der Waals surface area contributed by atoms with Crippen LogP contribution in [-0.2, 0) is 0 Å². The van der Waals surface area contributed by atoms with Crippen molar-refractivity contribution in [1.29, 1.82) is 0 Å². The van der Waals surface area contributed by atoms with Gasteiger partial charge >= 0.3 is 0 Å². The molecule has 0 N–H and O–H groups in total. The number of hydrogen-bond donors (Lipinski definition) is 0. The third-order valence-electron chi connectivity index (χ3n) is 4.28. The van der Waals surface area contributed by atoms with Crippen LogP contribution in [0.1, 0.15) is 7.43 Å². The van der Waals surface area contributed by atoms with E-state index in [1.165, 1.54) is 15.9 Å². The molecule has 0 aromatic heterocycles. The summed E-state index contributed by atoms with van der Waals surface area (Å²) in [4.78, 5) is 0. The maximum Gasteiger partial charge on any atom is 0.181 e. The summed E-state index contributed by atoms with van der Waals surface area (Å²) in [5.41, 5.74) is 0. The van der Waals surface area contributed by atoms with Crippen molar-refractivity contribution in [2.45, 2.75) is 7.43 Å². The Hall–Kier alpha value is -2.03. The van der Waals surface area contributed by atoms with Crippen molar-refractivity contribution in [1.82, 2.24) is 0 Å². The van der Waals surface area contributed by atoms with Crippen LogP contribution in [0, 0.1) is 0 Å². The summed E-state index contributed by atoms with van der Waals surface area (Å²) >= 11 is 4.14. The van der Waals surface area contributed by atoms with Gasteiger partial charge in [-0.15, -0.1) is 0 Å². The highest BCUT2D eigenvalue weighted by atomic mass is 79.9. The summed E-state index contributed by atoms with van der Waals surface area (Å²) < 4.78 is 16.0. The molecule has 0 saturated carbocycles. The van der Waals surface area contributed by atoms with Crippen molar-refractivity contribution < 1.29 is 14.2 Å². The third kappa shape index (κ3) is 4.28. The molecule has 5 heteroatoms. The molecule has 0 radical (unpaired) electrons. The molecule has 0 saturated heterocycles. The van der Waals surface area contributed by atoms with E-state index in [1.807, 2.05) is 36.4 Å². The standard InChI is InChI=1S/C21H21BrO3P.CH4/c1-23-16-4-10-19(11-5-16)26(22,20-12-6-17(24-2)7-13-20)21-14-8-18(25-3)9-15-21;/h4-15H,1-3H3;1H4/q+1;. The lowest BCUT2D eigenvalue weighted by molar-refractivity contribution is 0.415. The topological polar surface area (TPSA) is 27.7 Å². The minimum Gasteiger partial charge on any atom is -0.497 e. The Balaban J connectivity index is 0.00000261. The molecule has 3 rings (SSSR count). The Labute approximate surface area is 170 Å². The van der Waals surface area contributed by atoms with Crippen molar-refractivity contribution in [3.63, 3.8) is 0 Å². The normalized spacial score (nSPS) is 10.7. The molecule has 3 aromatic carbocycles. The summed E-state index contributed by atoms with van der Waals surface area (Å²) in [7, 11) is 5.04. The second kappa shape index (κ2) is 9.25. The van der Waals surface area contributed by atoms with E-state index < -0.39 is 5.96 Å². The number of hydrogen-bond acceptors (Lipinski definition) is 3. The lowest BCUT2D eigenvalue weighted by Gasteiger charge is -2.20. The Morgan fingerprint density at radius 1 is 0.519 bits per heavy atom. The van der Waals surface area contributed by atoms with Gasteiger partial charge in [0.1, 0.15) is 33.2 Å². The van der Waals surface area contributed by atoms with E-state index in [1.54, 1.807) is 21.3 Å². The zero-order valence-corrected chi connectivity index (χ0v) is 17.5. The average Bonchev–Trinajstić information content (AvgIpc) is 2.73. The van der Waals surface area contributed by atoms with Gasteiger partial charge in [0, 0.05) is 0 Å². The molecule has 27 heavy (non-hydrogen) atoms. The molecule has 3 aromatic rings. The van der Waals surface area contributed by atoms with Crippen LogP contribution in [0.2, 0.25) is 0 Å². The van der Waals surface area contributed by atoms with Gasteiger partial charge in [-0.1, -0.05) is 7.43 Å². The molecular weight excluding hydrogens is 423 g/mol. The Kier molecular flexibility index (Phi) is 7.29. The number of rotatable bonds is 6. The monoisotopic (exact) mass is 447 g/mol. The molecular formula is C22H25BrO3P+. The second-order valence-corrected chi connectivity index (χ2v) is 11.6.